The predicted molar refractivity (Wildman–Crippen MR) is 102 cm³/mol. The standard InChI is InChI=1S/C21H34O4/c1-6-8-10-12-14-18(4)24-20(22)16-17(3)21(23)25-19(5)15-13-11-9-7-2/h14-16H,6-13H2,1-5H3/b17-16-,18-14?,19-15?. The van der Waals surface area contributed by atoms with Crippen molar-refractivity contribution >= 4 is 11.9 Å². The number of esters is 2. The summed E-state index contributed by atoms with van der Waals surface area (Å²) in [5, 5.41) is 0. The Morgan fingerprint density at radius 2 is 1.24 bits per heavy atom. The van der Waals surface area contributed by atoms with Gasteiger partial charge in [-0.2, -0.15) is 0 Å². The number of carbonyl (C=O) groups is 2. The molecule has 25 heavy (non-hydrogen) atoms. The van der Waals surface area contributed by atoms with Crippen LogP contribution in [0.2, 0.25) is 0 Å². The van der Waals surface area contributed by atoms with Crippen LogP contribution < -0.4 is 0 Å². The largest absolute Gasteiger partial charge is 0.429 e. The van der Waals surface area contributed by atoms with Crippen LogP contribution in [0.3, 0.4) is 0 Å². The highest BCUT2D eigenvalue weighted by molar-refractivity contribution is 5.96. The van der Waals surface area contributed by atoms with E-state index in [1.807, 2.05) is 12.2 Å². The van der Waals surface area contributed by atoms with Gasteiger partial charge in [-0.25, -0.2) is 9.59 Å². The number of rotatable bonds is 12. The normalized spacial score (nSPS) is 12.9. The molecule has 0 aromatic rings. The summed E-state index contributed by atoms with van der Waals surface area (Å²) in [5.41, 5.74) is 0.227. The minimum atomic E-state index is -0.553. The van der Waals surface area contributed by atoms with E-state index in [2.05, 4.69) is 13.8 Å². The fourth-order valence-corrected chi connectivity index (χ4v) is 2.13. The molecule has 0 aliphatic heterocycles. The van der Waals surface area contributed by atoms with Crippen molar-refractivity contribution in [1.29, 1.82) is 0 Å². The molecule has 0 spiro atoms. The topological polar surface area (TPSA) is 52.6 Å². The van der Waals surface area contributed by atoms with Crippen LogP contribution >= 0.6 is 0 Å². The summed E-state index contributed by atoms with van der Waals surface area (Å²) in [7, 11) is 0. The molecular weight excluding hydrogens is 316 g/mol. The Labute approximate surface area is 153 Å². The second kappa shape index (κ2) is 14.5. The van der Waals surface area contributed by atoms with Gasteiger partial charge >= 0.3 is 11.9 Å². The van der Waals surface area contributed by atoms with Crippen LogP contribution in [0.25, 0.3) is 0 Å². The van der Waals surface area contributed by atoms with E-state index in [0.29, 0.717) is 11.5 Å². The van der Waals surface area contributed by atoms with Crippen molar-refractivity contribution in [3.63, 3.8) is 0 Å². The number of allylic oxidation sites excluding steroid dienone is 4. The zero-order valence-electron chi connectivity index (χ0n) is 16.5. The minimum Gasteiger partial charge on any atom is -0.429 e. The molecule has 0 atom stereocenters. The zero-order chi connectivity index (χ0) is 19.1. The number of ether oxygens (including phenoxy) is 2. The maximum atomic E-state index is 12.0. The van der Waals surface area contributed by atoms with E-state index in [4.69, 9.17) is 9.47 Å². The lowest BCUT2D eigenvalue weighted by atomic mass is 10.2. The number of carbonyl (C=O) groups excluding carboxylic acids is 2. The first-order valence-electron chi connectivity index (χ1n) is 9.36. The molecular formula is C21H34O4. The van der Waals surface area contributed by atoms with Crippen LogP contribution in [-0.2, 0) is 19.1 Å². The van der Waals surface area contributed by atoms with E-state index in [1.165, 1.54) is 6.08 Å². The summed E-state index contributed by atoms with van der Waals surface area (Å²) in [6.07, 6.45) is 13.6. The SMILES string of the molecule is CCCCCC=C(C)OC(=O)/C=C(/C)C(=O)OC(C)=CCCCCC. The highest BCUT2D eigenvalue weighted by Gasteiger charge is 2.10. The van der Waals surface area contributed by atoms with Gasteiger partial charge in [0.2, 0.25) is 0 Å². The van der Waals surface area contributed by atoms with Gasteiger partial charge < -0.3 is 9.47 Å². The number of hydrogen-bond donors (Lipinski definition) is 0. The van der Waals surface area contributed by atoms with Gasteiger partial charge in [-0.3, -0.25) is 0 Å². The summed E-state index contributed by atoms with van der Waals surface area (Å²) < 4.78 is 10.4. The van der Waals surface area contributed by atoms with Crippen LogP contribution in [0.5, 0.6) is 0 Å². The second-order valence-electron chi connectivity index (χ2n) is 6.26. The fourth-order valence-electron chi connectivity index (χ4n) is 2.13. The molecule has 4 nitrogen and oxygen atoms in total. The van der Waals surface area contributed by atoms with Crippen LogP contribution in [0.1, 0.15) is 86.0 Å². The van der Waals surface area contributed by atoms with Gasteiger partial charge in [0.15, 0.2) is 0 Å². The summed E-state index contributed by atoms with van der Waals surface area (Å²) in [6.45, 7) is 9.33. The van der Waals surface area contributed by atoms with Gasteiger partial charge in [0.1, 0.15) is 11.5 Å². The van der Waals surface area contributed by atoms with Crippen molar-refractivity contribution in [2.75, 3.05) is 0 Å². The lowest BCUT2D eigenvalue weighted by Crippen LogP contribution is -2.08. The summed E-state index contributed by atoms with van der Waals surface area (Å²) in [6, 6.07) is 0. The molecule has 0 rings (SSSR count). The van der Waals surface area contributed by atoms with Gasteiger partial charge in [0, 0.05) is 11.6 Å². The molecule has 0 unspecified atom stereocenters. The Bertz CT molecular complexity index is 498. The van der Waals surface area contributed by atoms with Crippen molar-refractivity contribution in [3.8, 4) is 0 Å². The maximum Gasteiger partial charge on any atom is 0.339 e. The monoisotopic (exact) mass is 350 g/mol. The smallest absolute Gasteiger partial charge is 0.339 e. The molecule has 4 heteroatoms. The van der Waals surface area contributed by atoms with Gasteiger partial charge in [0.25, 0.3) is 0 Å². The molecule has 0 aliphatic rings. The van der Waals surface area contributed by atoms with Crippen LogP contribution in [0.15, 0.2) is 35.3 Å². The van der Waals surface area contributed by atoms with Gasteiger partial charge in [-0.05, 0) is 58.6 Å². The van der Waals surface area contributed by atoms with E-state index in [1.54, 1.807) is 20.8 Å². The van der Waals surface area contributed by atoms with E-state index in [9.17, 15) is 9.59 Å². The number of unbranched alkanes of at least 4 members (excludes halogenated alkanes) is 6. The van der Waals surface area contributed by atoms with Gasteiger partial charge in [-0.1, -0.05) is 39.5 Å². The molecule has 0 saturated heterocycles. The highest BCUT2D eigenvalue weighted by atomic mass is 16.5. The quantitative estimate of drug-likeness (QED) is 0.188. The lowest BCUT2D eigenvalue weighted by Gasteiger charge is -2.05. The average molecular weight is 350 g/mol. The molecule has 142 valence electrons. The Morgan fingerprint density at radius 3 is 1.72 bits per heavy atom. The van der Waals surface area contributed by atoms with E-state index in [0.717, 1.165) is 51.4 Å². The molecule has 0 aromatic heterocycles. The third kappa shape index (κ3) is 13.2. The van der Waals surface area contributed by atoms with Crippen molar-refractivity contribution in [2.45, 2.75) is 86.0 Å². The number of hydrogen-bond acceptors (Lipinski definition) is 4. The average Bonchev–Trinajstić information content (AvgIpc) is 2.55. The third-order valence-corrected chi connectivity index (χ3v) is 3.65. The molecule has 0 heterocycles. The summed E-state index contributed by atoms with van der Waals surface area (Å²) in [5.74, 6) is 0.0498. The van der Waals surface area contributed by atoms with Crippen molar-refractivity contribution < 1.29 is 19.1 Å². The van der Waals surface area contributed by atoms with Crippen LogP contribution in [0, 0.1) is 0 Å². The Hall–Kier alpha value is -1.84. The van der Waals surface area contributed by atoms with Crippen molar-refractivity contribution in [2.24, 2.45) is 0 Å². The lowest BCUT2D eigenvalue weighted by molar-refractivity contribution is -0.137. The first kappa shape index (κ1) is 23.2. The van der Waals surface area contributed by atoms with Gasteiger partial charge in [0.05, 0.1) is 0 Å². The summed E-state index contributed by atoms with van der Waals surface area (Å²) >= 11 is 0. The zero-order valence-corrected chi connectivity index (χ0v) is 16.5. The first-order chi connectivity index (χ1) is 11.9. The highest BCUT2D eigenvalue weighted by Crippen LogP contribution is 2.09. The van der Waals surface area contributed by atoms with E-state index in [-0.39, 0.29) is 5.57 Å². The maximum absolute atomic E-state index is 12.0. The molecule has 0 N–H and O–H groups in total. The molecule has 0 bridgehead atoms. The predicted octanol–water partition coefficient (Wildman–Crippen LogP) is 5.99. The Kier molecular flexibility index (Phi) is 13.4. The molecule has 0 amide bonds. The Morgan fingerprint density at radius 1 is 0.760 bits per heavy atom. The van der Waals surface area contributed by atoms with Gasteiger partial charge in [-0.15, -0.1) is 0 Å². The third-order valence-electron chi connectivity index (χ3n) is 3.65. The summed E-state index contributed by atoms with van der Waals surface area (Å²) in [4.78, 5) is 23.8. The van der Waals surface area contributed by atoms with Crippen LogP contribution in [-0.4, -0.2) is 11.9 Å². The molecule has 0 aliphatic carbocycles. The first-order valence-corrected chi connectivity index (χ1v) is 9.36. The van der Waals surface area contributed by atoms with Crippen LogP contribution in [0.4, 0.5) is 0 Å². The van der Waals surface area contributed by atoms with Crippen molar-refractivity contribution in [1.82, 2.24) is 0 Å². The minimum absolute atomic E-state index is 0.227. The fraction of sp³-hybridized carbons (Fsp3) is 0.619. The second-order valence-corrected chi connectivity index (χ2v) is 6.26. The Balaban J connectivity index is 4.38. The molecule has 0 aromatic carbocycles. The van der Waals surface area contributed by atoms with E-state index >= 15 is 0 Å². The van der Waals surface area contributed by atoms with Crippen molar-refractivity contribution in [3.05, 3.63) is 35.3 Å². The molecule has 0 saturated carbocycles. The van der Waals surface area contributed by atoms with E-state index < -0.39 is 11.9 Å². The molecule has 0 radical (unpaired) electrons. The molecule has 0 fully saturated rings.